The summed E-state index contributed by atoms with van der Waals surface area (Å²) < 4.78 is 12.8. The van der Waals surface area contributed by atoms with Crippen LogP contribution in [0.3, 0.4) is 0 Å². The normalized spacial score (nSPS) is 12.4. The highest BCUT2D eigenvalue weighted by Gasteiger charge is 2.07. The summed E-state index contributed by atoms with van der Waals surface area (Å²) in [6, 6.07) is 9.72. The van der Waals surface area contributed by atoms with Crippen molar-refractivity contribution in [3.05, 3.63) is 59.5 Å². The third-order valence-electron chi connectivity index (χ3n) is 2.60. The van der Waals surface area contributed by atoms with Gasteiger partial charge in [0.2, 0.25) is 0 Å². The van der Waals surface area contributed by atoms with E-state index < -0.39 is 0 Å². The summed E-state index contributed by atoms with van der Waals surface area (Å²) in [6.07, 6.45) is 2.31. The topological polar surface area (TPSA) is 64.9 Å². The van der Waals surface area contributed by atoms with E-state index in [9.17, 15) is 4.39 Å². The number of nitrogens with two attached hydrogens (primary N) is 2. The predicted octanol–water partition coefficient (Wildman–Crippen LogP) is 2.05. The summed E-state index contributed by atoms with van der Waals surface area (Å²) in [7, 11) is 0. The molecule has 0 radical (unpaired) electrons. The van der Waals surface area contributed by atoms with Crippen molar-refractivity contribution in [1.29, 1.82) is 0 Å². The van der Waals surface area contributed by atoms with E-state index in [-0.39, 0.29) is 11.9 Å². The zero-order chi connectivity index (χ0) is 12.3. The zero-order valence-corrected chi connectivity index (χ0v) is 9.31. The lowest BCUT2D eigenvalue weighted by molar-refractivity contribution is 0.624. The first-order valence-electron chi connectivity index (χ1n) is 5.36. The molecule has 0 amide bonds. The van der Waals surface area contributed by atoms with Crippen molar-refractivity contribution in [3.8, 4) is 0 Å². The first-order valence-corrected chi connectivity index (χ1v) is 5.36. The van der Waals surface area contributed by atoms with E-state index in [1.165, 1.54) is 12.1 Å². The molecular formula is C13H14FN3. The number of rotatable bonds is 3. The summed E-state index contributed by atoms with van der Waals surface area (Å²) >= 11 is 0. The minimum Gasteiger partial charge on any atom is -0.384 e. The molecule has 4 N–H and O–H groups in total. The monoisotopic (exact) mass is 231 g/mol. The highest BCUT2D eigenvalue weighted by atomic mass is 19.1. The van der Waals surface area contributed by atoms with Gasteiger partial charge in [0.15, 0.2) is 0 Å². The van der Waals surface area contributed by atoms with Crippen LogP contribution >= 0.6 is 0 Å². The molecule has 0 bridgehead atoms. The second-order valence-corrected chi connectivity index (χ2v) is 3.95. The van der Waals surface area contributed by atoms with Gasteiger partial charge in [-0.3, -0.25) is 0 Å². The van der Waals surface area contributed by atoms with Crippen LogP contribution in [0.4, 0.5) is 10.2 Å². The molecule has 0 aliphatic rings. The number of nitrogen functional groups attached to an aromatic ring is 1. The van der Waals surface area contributed by atoms with Gasteiger partial charge in [0, 0.05) is 12.2 Å². The van der Waals surface area contributed by atoms with E-state index in [0.717, 1.165) is 11.1 Å². The molecule has 1 aromatic heterocycles. The van der Waals surface area contributed by atoms with Crippen LogP contribution in [0.5, 0.6) is 0 Å². The van der Waals surface area contributed by atoms with Crippen LogP contribution in [-0.2, 0) is 6.42 Å². The number of hydrogen-bond acceptors (Lipinski definition) is 3. The molecule has 0 aliphatic heterocycles. The van der Waals surface area contributed by atoms with Gasteiger partial charge in [0.25, 0.3) is 0 Å². The highest BCUT2D eigenvalue weighted by molar-refractivity contribution is 5.33. The Morgan fingerprint density at radius 2 is 1.88 bits per heavy atom. The lowest BCUT2D eigenvalue weighted by Crippen LogP contribution is -2.13. The number of pyridine rings is 1. The fourth-order valence-corrected chi connectivity index (χ4v) is 1.70. The van der Waals surface area contributed by atoms with Gasteiger partial charge in [-0.05, 0) is 41.8 Å². The molecule has 2 aromatic rings. The van der Waals surface area contributed by atoms with E-state index in [4.69, 9.17) is 11.5 Å². The van der Waals surface area contributed by atoms with Gasteiger partial charge in [-0.1, -0.05) is 12.1 Å². The van der Waals surface area contributed by atoms with E-state index in [1.54, 1.807) is 24.4 Å². The molecule has 17 heavy (non-hydrogen) atoms. The summed E-state index contributed by atoms with van der Waals surface area (Å²) in [5.41, 5.74) is 13.6. The number of aromatic nitrogens is 1. The van der Waals surface area contributed by atoms with Crippen molar-refractivity contribution < 1.29 is 4.39 Å². The maximum Gasteiger partial charge on any atom is 0.123 e. The molecule has 1 heterocycles. The maximum absolute atomic E-state index is 12.8. The maximum atomic E-state index is 12.8. The first-order chi connectivity index (χ1) is 8.15. The number of anilines is 1. The van der Waals surface area contributed by atoms with Gasteiger partial charge in [-0.15, -0.1) is 0 Å². The Balaban J connectivity index is 2.11. The predicted molar refractivity (Wildman–Crippen MR) is 65.7 cm³/mol. The van der Waals surface area contributed by atoms with E-state index in [1.807, 2.05) is 6.07 Å². The lowest BCUT2D eigenvalue weighted by Gasteiger charge is -2.12. The van der Waals surface area contributed by atoms with Crippen LogP contribution in [0, 0.1) is 5.82 Å². The number of hydrogen-bond donors (Lipinski definition) is 2. The Morgan fingerprint density at radius 1 is 1.18 bits per heavy atom. The lowest BCUT2D eigenvalue weighted by atomic mass is 10.0. The van der Waals surface area contributed by atoms with Gasteiger partial charge in [-0.2, -0.15) is 0 Å². The second kappa shape index (κ2) is 4.93. The van der Waals surface area contributed by atoms with Crippen molar-refractivity contribution in [1.82, 2.24) is 4.98 Å². The molecule has 2 rings (SSSR count). The fourth-order valence-electron chi connectivity index (χ4n) is 1.70. The molecule has 0 saturated carbocycles. The van der Waals surface area contributed by atoms with Crippen LogP contribution in [0.2, 0.25) is 0 Å². The van der Waals surface area contributed by atoms with Crippen molar-refractivity contribution in [2.24, 2.45) is 5.73 Å². The molecule has 0 fully saturated rings. The summed E-state index contributed by atoms with van der Waals surface area (Å²) in [5, 5.41) is 0. The standard InChI is InChI=1S/C13H14FN3/c14-11-3-1-10(2-4-11)12(15)7-9-5-6-17-13(16)8-9/h1-6,8,12H,7,15H2,(H2,16,17). The van der Waals surface area contributed by atoms with Gasteiger partial charge >= 0.3 is 0 Å². The van der Waals surface area contributed by atoms with Crippen LogP contribution < -0.4 is 11.5 Å². The molecular weight excluding hydrogens is 217 g/mol. The second-order valence-electron chi connectivity index (χ2n) is 3.95. The van der Waals surface area contributed by atoms with Crippen molar-refractivity contribution in [2.45, 2.75) is 12.5 Å². The highest BCUT2D eigenvalue weighted by Crippen LogP contribution is 2.17. The van der Waals surface area contributed by atoms with Gasteiger partial charge < -0.3 is 11.5 Å². The third kappa shape index (κ3) is 3.01. The number of nitrogens with zero attached hydrogens (tertiary/aromatic N) is 1. The van der Waals surface area contributed by atoms with Crippen LogP contribution in [0.15, 0.2) is 42.6 Å². The van der Waals surface area contributed by atoms with Crippen LogP contribution in [-0.4, -0.2) is 4.98 Å². The molecule has 1 atom stereocenters. The molecule has 4 heteroatoms. The van der Waals surface area contributed by atoms with Crippen LogP contribution in [0.25, 0.3) is 0 Å². The SMILES string of the molecule is Nc1cc(CC(N)c2ccc(F)cc2)ccn1. The van der Waals surface area contributed by atoms with Gasteiger partial charge in [0.1, 0.15) is 11.6 Å². The average molecular weight is 231 g/mol. The number of benzene rings is 1. The summed E-state index contributed by atoms with van der Waals surface area (Å²) in [6.45, 7) is 0. The van der Waals surface area contributed by atoms with Crippen LogP contribution in [0.1, 0.15) is 17.2 Å². The van der Waals surface area contributed by atoms with Crippen molar-refractivity contribution in [3.63, 3.8) is 0 Å². The average Bonchev–Trinajstić information content (AvgIpc) is 2.29. The molecule has 1 aromatic carbocycles. The number of halogens is 1. The largest absolute Gasteiger partial charge is 0.384 e. The molecule has 3 nitrogen and oxygen atoms in total. The molecule has 0 saturated heterocycles. The molecule has 88 valence electrons. The third-order valence-corrected chi connectivity index (χ3v) is 2.60. The fraction of sp³-hybridized carbons (Fsp3) is 0.154. The van der Waals surface area contributed by atoms with Crippen molar-refractivity contribution in [2.75, 3.05) is 5.73 Å². The summed E-state index contributed by atoms with van der Waals surface area (Å²) in [5.74, 6) is 0.225. The Kier molecular flexibility index (Phi) is 3.35. The van der Waals surface area contributed by atoms with Gasteiger partial charge in [0.05, 0.1) is 0 Å². The molecule has 0 spiro atoms. The Bertz CT molecular complexity index is 496. The minimum atomic E-state index is -0.255. The Hall–Kier alpha value is -1.94. The smallest absolute Gasteiger partial charge is 0.123 e. The summed E-state index contributed by atoms with van der Waals surface area (Å²) in [4.78, 5) is 3.92. The quantitative estimate of drug-likeness (QED) is 0.849. The first kappa shape index (κ1) is 11.5. The minimum absolute atomic E-state index is 0.169. The molecule has 0 aliphatic carbocycles. The zero-order valence-electron chi connectivity index (χ0n) is 9.31. The Labute approximate surface area is 99.3 Å². The van der Waals surface area contributed by atoms with E-state index >= 15 is 0 Å². The van der Waals surface area contributed by atoms with Crippen molar-refractivity contribution >= 4 is 5.82 Å². The van der Waals surface area contributed by atoms with E-state index in [0.29, 0.717) is 12.2 Å². The van der Waals surface area contributed by atoms with E-state index in [2.05, 4.69) is 4.98 Å². The van der Waals surface area contributed by atoms with Gasteiger partial charge in [-0.25, -0.2) is 9.37 Å². The molecule has 1 unspecified atom stereocenters. The Morgan fingerprint density at radius 3 is 2.53 bits per heavy atom.